The minimum absolute atomic E-state index is 0.00655. The number of halogens is 1. The first-order valence-corrected chi connectivity index (χ1v) is 7.22. The second-order valence-corrected chi connectivity index (χ2v) is 5.66. The number of carbonyl (C=O) groups excluding carboxylic acids is 1. The summed E-state index contributed by atoms with van der Waals surface area (Å²) in [6.45, 7) is 0.704. The molecule has 1 amide bonds. The highest BCUT2D eigenvalue weighted by molar-refractivity contribution is 6.33. The summed E-state index contributed by atoms with van der Waals surface area (Å²) in [6, 6.07) is 6.89. The van der Waals surface area contributed by atoms with Crippen molar-refractivity contribution in [3.05, 3.63) is 28.8 Å². The van der Waals surface area contributed by atoms with Gasteiger partial charge in [-0.1, -0.05) is 11.6 Å². The van der Waals surface area contributed by atoms with Gasteiger partial charge in [-0.3, -0.25) is 4.79 Å². The van der Waals surface area contributed by atoms with Crippen LogP contribution in [0, 0.1) is 23.2 Å². The predicted octanol–water partition coefficient (Wildman–Crippen LogP) is 2.92. The molecule has 0 atom stereocenters. The zero-order chi connectivity index (χ0) is 14.5. The highest BCUT2D eigenvalue weighted by atomic mass is 35.5. The molecule has 1 fully saturated rings. The van der Waals surface area contributed by atoms with Crippen LogP contribution in [0.15, 0.2) is 18.2 Å². The van der Waals surface area contributed by atoms with Gasteiger partial charge in [0, 0.05) is 5.92 Å². The Bertz CT molecular complexity index is 530. The van der Waals surface area contributed by atoms with Gasteiger partial charge in [-0.15, -0.1) is 0 Å². The van der Waals surface area contributed by atoms with Gasteiger partial charge in [-0.25, -0.2) is 0 Å². The summed E-state index contributed by atoms with van der Waals surface area (Å²) in [4.78, 5) is 12.2. The summed E-state index contributed by atoms with van der Waals surface area (Å²) < 4.78 is 0. The summed E-state index contributed by atoms with van der Waals surface area (Å²) in [7, 11) is 0. The lowest BCUT2D eigenvalue weighted by Gasteiger charge is -2.26. The lowest BCUT2D eigenvalue weighted by Crippen LogP contribution is -2.29. The first-order chi connectivity index (χ1) is 9.63. The molecule has 0 unspecified atom stereocenters. The second-order valence-electron chi connectivity index (χ2n) is 5.25. The third-order valence-electron chi connectivity index (χ3n) is 3.91. The maximum Gasteiger partial charge on any atom is 0.227 e. The molecule has 1 aromatic rings. The number of hydrogen-bond acceptors (Lipinski definition) is 3. The van der Waals surface area contributed by atoms with Crippen molar-refractivity contribution in [2.75, 3.05) is 11.9 Å². The molecule has 1 aromatic carbocycles. The van der Waals surface area contributed by atoms with Gasteiger partial charge in [0.15, 0.2) is 0 Å². The molecule has 1 aliphatic carbocycles. The number of nitriles is 1. The van der Waals surface area contributed by atoms with Gasteiger partial charge in [-0.2, -0.15) is 5.26 Å². The summed E-state index contributed by atoms with van der Waals surface area (Å²) in [5, 5.41) is 12.0. The first kappa shape index (κ1) is 14.8. The summed E-state index contributed by atoms with van der Waals surface area (Å²) in [6.07, 6.45) is 3.77. The highest BCUT2D eigenvalue weighted by Crippen LogP contribution is 2.30. The summed E-state index contributed by atoms with van der Waals surface area (Å²) in [5.41, 5.74) is 6.70. The van der Waals surface area contributed by atoms with Crippen molar-refractivity contribution in [3.8, 4) is 6.07 Å². The average Bonchev–Trinajstić information content (AvgIpc) is 2.49. The Morgan fingerprint density at radius 2 is 2.10 bits per heavy atom. The minimum atomic E-state index is 0.00655. The van der Waals surface area contributed by atoms with Crippen molar-refractivity contribution in [1.29, 1.82) is 5.26 Å². The molecule has 1 saturated carbocycles. The van der Waals surface area contributed by atoms with Gasteiger partial charge in [0.2, 0.25) is 5.91 Å². The first-order valence-electron chi connectivity index (χ1n) is 6.84. The van der Waals surface area contributed by atoms with Crippen molar-refractivity contribution < 1.29 is 4.79 Å². The van der Waals surface area contributed by atoms with E-state index in [9.17, 15) is 4.79 Å². The van der Waals surface area contributed by atoms with Crippen molar-refractivity contribution in [2.45, 2.75) is 25.7 Å². The standard InChI is InChI=1S/C15H18ClN3O/c16-13-7-11(9-18)3-6-14(13)19-15(20)12-4-1-10(8-17)2-5-12/h3,6-7,10,12H,1-2,4-5,8,17H2,(H,19,20). The van der Waals surface area contributed by atoms with Crippen LogP contribution in [0.25, 0.3) is 0 Å². The van der Waals surface area contributed by atoms with Crippen LogP contribution in [0.3, 0.4) is 0 Å². The van der Waals surface area contributed by atoms with E-state index in [4.69, 9.17) is 22.6 Å². The van der Waals surface area contributed by atoms with Crippen LogP contribution < -0.4 is 11.1 Å². The fraction of sp³-hybridized carbons (Fsp3) is 0.467. The molecule has 1 aliphatic rings. The van der Waals surface area contributed by atoms with Crippen molar-refractivity contribution in [3.63, 3.8) is 0 Å². The monoisotopic (exact) mass is 291 g/mol. The molecule has 0 radical (unpaired) electrons. The number of amides is 1. The van der Waals surface area contributed by atoms with E-state index in [2.05, 4.69) is 5.32 Å². The molecular weight excluding hydrogens is 274 g/mol. The normalized spacial score (nSPS) is 22.1. The van der Waals surface area contributed by atoms with E-state index in [1.54, 1.807) is 18.2 Å². The molecule has 4 nitrogen and oxygen atoms in total. The number of nitrogens with two attached hydrogens (primary N) is 1. The van der Waals surface area contributed by atoms with E-state index < -0.39 is 0 Å². The van der Waals surface area contributed by atoms with Crippen LogP contribution in [-0.4, -0.2) is 12.5 Å². The Morgan fingerprint density at radius 3 is 2.65 bits per heavy atom. The SMILES string of the molecule is N#Cc1ccc(NC(=O)C2CCC(CN)CC2)c(Cl)c1. The maximum absolute atomic E-state index is 12.2. The van der Waals surface area contributed by atoms with Gasteiger partial charge < -0.3 is 11.1 Å². The van der Waals surface area contributed by atoms with Crippen LogP contribution in [-0.2, 0) is 4.79 Å². The van der Waals surface area contributed by atoms with Crippen LogP contribution in [0.1, 0.15) is 31.2 Å². The van der Waals surface area contributed by atoms with Gasteiger partial charge in [0.1, 0.15) is 0 Å². The van der Waals surface area contributed by atoms with Crippen molar-refractivity contribution in [1.82, 2.24) is 0 Å². The van der Waals surface area contributed by atoms with Crippen LogP contribution in [0.2, 0.25) is 5.02 Å². The fourth-order valence-electron chi connectivity index (χ4n) is 2.58. The molecule has 2 rings (SSSR count). The van der Waals surface area contributed by atoms with Crippen LogP contribution >= 0.6 is 11.6 Å². The highest BCUT2D eigenvalue weighted by Gasteiger charge is 2.25. The molecule has 0 aromatic heterocycles. The minimum Gasteiger partial charge on any atom is -0.330 e. The molecule has 3 N–H and O–H groups in total. The quantitative estimate of drug-likeness (QED) is 0.898. The average molecular weight is 292 g/mol. The number of anilines is 1. The molecule has 0 spiro atoms. The van der Waals surface area contributed by atoms with Gasteiger partial charge >= 0.3 is 0 Å². The Balaban J connectivity index is 1.97. The number of carbonyl (C=O) groups is 1. The number of benzene rings is 1. The number of nitrogens with one attached hydrogen (secondary N) is 1. The Kier molecular flexibility index (Phi) is 4.99. The van der Waals surface area contributed by atoms with Gasteiger partial charge in [-0.05, 0) is 56.3 Å². The summed E-state index contributed by atoms with van der Waals surface area (Å²) in [5.74, 6) is 0.592. The molecule has 5 heteroatoms. The molecule has 0 bridgehead atoms. The van der Waals surface area contributed by atoms with Crippen molar-refractivity contribution >= 4 is 23.2 Å². The number of hydrogen-bond donors (Lipinski definition) is 2. The third-order valence-corrected chi connectivity index (χ3v) is 4.22. The Labute approximate surface area is 123 Å². The Morgan fingerprint density at radius 1 is 1.40 bits per heavy atom. The lowest BCUT2D eigenvalue weighted by molar-refractivity contribution is -0.121. The molecule has 106 valence electrons. The van der Waals surface area contributed by atoms with E-state index in [-0.39, 0.29) is 11.8 Å². The molecule has 20 heavy (non-hydrogen) atoms. The molecule has 0 heterocycles. The van der Waals surface area contributed by atoms with E-state index in [1.807, 2.05) is 6.07 Å². The fourth-order valence-corrected chi connectivity index (χ4v) is 2.81. The second kappa shape index (κ2) is 6.74. The Hall–Kier alpha value is -1.57. The van der Waals surface area contributed by atoms with Crippen LogP contribution in [0.5, 0.6) is 0 Å². The number of nitrogens with zero attached hydrogens (tertiary/aromatic N) is 1. The zero-order valence-corrected chi connectivity index (χ0v) is 12.0. The third kappa shape index (κ3) is 3.50. The topological polar surface area (TPSA) is 78.9 Å². The van der Waals surface area contributed by atoms with Crippen LogP contribution in [0.4, 0.5) is 5.69 Å². The van der Waals surface area contributed by atoms with E-state index in [1.165, 1.54) is 0 Å². The van der Waals surface area contributed by atoms with E-state index in [0.29, 0.717) is 28.7 Å². The predicted molar refractivity (Wildman–Crippen MR) is 79.3 cm³/mol. The molecule has 0 saturated heterocycles. The number of rotatable bonds is 3. The largest absolute Gasteiger partial charge is 0.330 e. The van der Waals surface area contributed by atoms with E-state index >= 15 is 0 Å². The summed E-state index contributed by atoms with van der Waals surface area (Å²) >= 11 is 6.05. The van der Waals surface area contributed by atoms with Gasteiger partial charge in [0.25, 0.3) is 0 Å². The zero-order valence-electron chi connectivity index (χ0n) is 11.2. The lowest BCUT2D eigenvalue weighted by atomic mass is 9.81. The smallest absolute Gasteiger partial charge is 0.227 e. The maximum atomic E-state index is 12.2. The van der Waals surface area contributed by atoms with Crippen molar-refractivity contribution in [2.24, 2.45) is 17.6 Å². The van der Waals surface area contributed by atoms with Gasteiger partial charge in [0.05, 0.1) is 22.3 Å². The molecule has 0 aliphatic heterocycles. The van der Waals surface area contributed by atoms with E-state index in [0.717, 1.165) is 25.7 Å². The molecular formula is C15H18ClN3O.